The van der Waals surface area contributed by atoms with Gasteiger partial charge in [0.1, 0.15) is 0 Å². The van der Waals surface area contributed by atoms with E-state index in [1.54, 1.807) is 11.1 Å². The topological polar surface area (TPSA) is 62.7 Å². The number of carbonyl (C=O) groups is 1. The Kier molecular flexibility index (Phi) is 3.93. The van der Waals surface area contributed by atoms with Gasteiger partial charge in [-0.1, -0.05) is 6.07 Å². The molecule has 92 valence electrons. The van der Waals surface area contributed by atoms with Gasteiger partial charge in [-0.05, 0) is 18.6 Å². The summed E-state index contributed by atoms with van der Waals surface area (Å²) in [6.07, 6.45) is 2.06. The molecule has 5 heteroatoms. The predicted molar refractivity (Wildman–Crippen MR) is 61.2 cm³/mol. The van der Waals surface area contributed by atoms with Gasteiger partial charge in [0.15, 0.2) is 0 Å². The Morgan fingerprint density at radius 2 is 2.41 bits per heavy atom. The highest BCUT2D eigenvalue weighted by Crippen LogP contribution is 2.16. The Hall–Kier alpha value is -1.62. The molecule has 0 saturated carbocycles. The molecule has 1 aliphatic rings. The molecule has 1 N–H and O–H groups in total. The van der Waals surface area contributed by atoms with Crippen LogP contribution in [0.4, 0.5) is 4.79 Å². The lowest BCUT2D eigenvalue weighted by molar-refractivity contribution is 0.0324. The lowest BCUT2D eigenvalue weighted by Crippen LogP contribution is -2.42. The Morgan fingerprint density at radius 1 is 1.53 bits per heavy atom. The van der Waals surface area contributed by atoms with E-state index < -0.39 is 0 Å². The summed E-state index contributed by atoms with van der Waals surface area (Å²) in [4.78, 5) is 17.4. The van der Waals surface area contributed by atoms with Gasteiger partial charge >= 0.3 is 6.09 Å². The summed E-state index contributed by atoms with van der Waals surface area (Å²) in [6.45, 7) is 1.61. The molecule has 0 aromatic carbocycles. The van der Waals surface area contributed by atoms with Gasteiger partial charge in [-0.25, -0.2) is 4.79 Å². The molecule has 17 heavy (non-hydrogen) atoms. The van der Waals surface area contributed by atoms with Gasteiger partial charge in [-0.3, -0.25) is 4.98 Å². The van der Waals surface area contributed by atoms with Crippen LogP contribution in [0.25, 0.3) is 0 Å². The first-order valence-electron chi connectivity index (χ1n) is 5.72. The van der Waals surface area contributed by atoms with E-state index in [1.807, 2.05) is 18.2 Å². The maximum atomic E-state index is 11.6. The lowest BCUT2D eigenvalue weighted by Gasteiger charge is -2.31. The molecule has 1 atom stereocenters. The highest BCUT2D eigenvalue weighted by molar-refractivity contribution is 5.68. The molecule has 2 rings (SSSR count). The van der Waals surface area contributed by atoms with Gasteiger partial charge in [0.05, 0.1) is 18.8 Å². The van der Waals surface area contributed by atoms with Crippen molar-refractivity contribution < 1.29 is 14.6 Å². The van der Waals surface area contributed by atoms with Crippen molar-refractivity contribution in [1.29, 1.82) is 0 Å². The zero-order chi connectivity index (χ0) is 12.1. The maximum Gasteiger partial charge on any atom is 0.410 e. The fourth-order valence-electron chi connectivity index (χ4n) is 1.89. The smallest absolute Gasteiger partial charge is 0.410 e. The van der Waals surface area contributed by atoms with Crippen molar-refractivity contribution in [3.63, 3.8) is 0 Å². The molecule has 1 unspecified atom stereocenters. The normalized spacial score (nSPS) is 20.2. The molecular formula is C12H16N2O3. The van der Waals surface area contributed by atoms with Crippen LogP contribution in [0.15, 0.2) is 24.4 Å². The number of nitrogens with zero attached hydrogens (tertiary/aromatic N) is 2. The van der Waals surface area contributed by atoms with E-state index in [0.717, 1.165) is 5.69 Å². The molecule has 1 amide bonds. The van der Waals surface area contributed by atoms with Crippen LogP contribution in [0.5, 0.6) is 0 Å². The first-order valence-corrected chi connectivity index (χ1v) is 5.72. The van der Waals surface area contributed by atoms with Gasteiger partial charge in [-0.15, -0.1) is 0 Å². The average molecular weight is 236 g/mol. The molecule has 0 aliphatic carbocycles. The molecule has 1 fully saturated rings. The molecule has 2 heterocycles. The molecule has 0 spiro atoms. The largest absolute Gasteiger partial charge is 0.449 e. The van der Waals surface area contributed by atoms with E-state index >= 15 is 0 Å². The SMILES string of the molecule is O=C1OCC(CCO)CN1Cc1ccccn1. The summed E-state index contributed by atoms with van der Waals surface area (Å²) in [7, 11) is 0. The third-order valence-corrected chi connectivity index (χ3v) is 2.80. The second kappa shape index (κ2) is 5.63. The zero-order valence-corrected chi connectivity index (χ0v) is 9.58. The van der Waals surface area contributed by atoms with Gasteiger partial charge in [0.2, 0.25) is 0 Å². The lowest BCUT2D eigenvalue weighted by atomic mass is 10.1. The number of hydrogen-bond donors (Lipinski definition) is 1. The number of rotatable bonds is 4. The van der Waals surface area contributed by atoms with Crippen LogP contribution in [-0.2, 0) is 11.3 Å². The average Bonchev–Trinajstić information content (AvgIpc) is 2.35. The van der Waals surface area contributed by atoms with Crippen molar-refractivity contribution in [3.8, 4) is 0 Å². The van der Waals surface area contributed by atoms with Crippen molar-refractivity contribution >= 4 is 6.09 Å². The van der Waals surface area contributed by atoms with Crippen molar-refractivity contribution in [2.45, 2.75) is 13.0 Å². The van der Waals surface area contributed by atoms with E-state index in [9.17, 15) is 4.79 Å². The van der Waals surface area contributed by atoms with Crippen molar-refractivity contribution in [3.05, 3.63) is 30.1 Å². The van der Waals surface area contributed by atoms with E-state index in [4.69, 9.17) is 9.84 Å². The summed E-state index contributed by atoms with van der Waals surface area (Å²) in [5.41, 5.74) is 0.842. The summed E-state index contributed by atoms with van der Waals surface area (Å²) in [5.74, 6) is 0.210. The number of amides is 1. The van der Waals surface area contributed by atoms with Crippen molar-refractivity contribution in [1.82, 2.24) is 9.88 Å². The third kappa shape index (κ3) is 3.17. The van der Waals surface area contributed by atoms with Gasteiger partial charge < -0.3 is 14.7 Å². The Balaban J connectivity index is 1.96. The molecule has 1 aromatic rings. The highest BCUT2D eigenvalue weighted by Gasteiger charge is 2.26. The van der Waals surface area contributed by atoms with E-state index in [-0.39, 0.29) is 18.6 Å². The van der Waals surface area contributed by atoms with Crippen LogP contribution in [0.1, 0.15) is 12.1 Å². The first kappa shape index (κ1) is 11.9. The molecule has 5 nitrogen and oxygen atoms in total. The highest BCUT2D eigenvalue weighted by atomic mass is 16.6. The number of hydrogen-bond acceptors (Lipinski definition) is 4. The van der Waals surface area contributed by atoms with Crippen LogP contribution in [-0.4, -0.2) is 40.8 Å². The quantitative estimate of drug-likeness (QED) is 0.848. The number of aliphatic hydroxyl groups excluding tert-OH is 1. The minimum absolute atomic E-state index is 0.125. The molecule has 1 aromatic heterocycles. The fraction of sp³-hybridized carbons (Fsp3) is 0.500. The fourth-order valence-corrected chi connectivity index (χ4v) is 1.89. The molecular weight excluding hydrogens is 220 g/mol. The van der Waals surface area contributed by atoms with E-state index in [2.05, 4.69) is 4.98 Å². The number of pyridine rings is 1. The van der Waals surface area contributed by atoms with E-state index in [1.165, 1.54) is 0 Å². The first-order chi connectivity index (χ1) is 8.29. The summed E-state index contributed by atoms with van der Waals surface area (Å²) < 4.78 is 5.08. The molecule has 0 radical (unpaired) electrons. The maximum absolute atomic E-state index is 11.6. The van der Waals surface area contributed by atoms with Gasteiger partial charge in [-0.2, -0.15) is 0 Å². The second-order valence-corrected chi connectivity index (χ2v) is 4.16. The Bertz CT molecular complexity index is 369. The summed E-state index contributed by atoms with van der Waals surface area (Å²) in [5, 5.41) is 8.89. The van der Waals surface area contributed by atoms with Crippen LogP contribution in [0, 0.1) is 5.92 Å². The number of ether oxygens (including phenoxy) is 1. The second-order valence-electron chi connectivity index (χ2n) is 4.16. The molecule has 1 aliphatic heterocycles. The van der Waals surface area contributed by atoms with Crippen LogP contribution in [0.2, 0.25) is 0 Å². The molecule has 1 saturated heterocycles. The number of carbonyl (C=O) groups excluding carboxylic acids is 1. The summed E-state index contributed by atoms with van der Waals surface area (Å²) in [6, 6.07) is 5.61. The minimum Gasteiger partial charge on any atom is -0.449 e. The standard InChI is InChI=1S/C12H16N2O3/c15-6-4-10-7-14(12(16)17-9-10)8-11-3-1-2-5-13-11/h1-3,5,10,15H,4,6-9H2. The van der Waals surface area contributed by atoms with Crippen LogP contribution < -0.4 is 0 Å². The van der Waals surface area contributed by atoms with Crippen LogP contribution >= 0.6 is 0 Å². The number of aliphatic hydroxyl groups is 1. The predicted octanol–water partition coefficient (Wildman–Crippen LogP) is 1.03. The van der Waals surface area contributed by atoms with Gasteiger partial charge in [0, 0.05) is 25.3 Å². The van der Waals surface area contributed by atoms with Crippen molar-refractivity contribution in [2.24, 2.45) is 5.92 Å². The minimum atomic E-state index is -0.301. The van der Waals surface area contributed by atoms with Gasteiger partial charge in [0.25, 0.3) is 0 Å². The number of cyclic esters (lactones) is 1. The van der Waals surface area contributed by atoms with E-state index in [0.29, 0.717) is 26.1 Å². The third-order valence-electron chi connectivity index (χ3n) is 2.80. The van der Waals surface area contributed by atoms with Crippen LogP contribution in [0.3, 0.4) is 0 Å². The molecule has 0 bridgehead atoms. The van der Waals surface area contributed by atoms with Crippen molar-refractivity contribution in [2.75, 3.05) is 19.8 Å². The Labute approximate surface area is 100 Å². The Morgan fingerprint density at radius 3 is 3.12 bits per heavy atom. The summed E-state index contributed by atoms with van der Waals surface area (Å²) >= 11 is 0. The zero-order valence-electron chi connectivity index (χ0n) is 9.58. The monoisotopic (exact) mass is 236 g/mol. The number of aromatic nitrogens is 1.